The van der Waals surface area contributed by atoms with Gasteiger partial charge in [-0.3, -0.25) is 14.5 Å². The number of hydrogen-bond donors (Lipinski definition) is 1. The zero-order valence-electron chi connectivity index (χ0n) is 12.3. The van der Waals surface area contributed by atoms with Gasteiger partial charge in [-0.05, 0) is 24.2 Å². The Bertz CT molecular complexity index is 423. The number of aliphatic carboxylic acids is 1. The molecule has 0 aromatic carbocycles. The lowest BCUT2D eigenvalue weighted by molar-refractivity contribution is -0.142. The number of carboxylic acid groups (broad SMARTS) is 1. The molecule has 0 aromatic rings. The van der Waals surface area contributed by atoms with Crippen LogP contribution in [0.25, 0.3) is 0 Å². The van der Waals surface area contributed by atoms with E-state index < -0.39 is 11.9 Å². The molecule has 5 heteroatoms. The average Bonchev–Trinajstić information content (AvgIpc) is 3.27. The number of nitrogens with zero attached hydrogens (tertiary/aromatic N) is 2. The molecule has 20 heavy (non-hydrogen) atoms. The number of amides is 1. The van der Waals surface area contributed by atoms with Crippen LogP contribution in [0.4, 0.5) is 0 Å². The first kappa shape index (κ1) is 13.9. The van der Waals surface area contributed by atoms with E-state index in [1.54, 1.807) is 0 Å². The highest BCUT2D eigenvalue weighted by Gasteiger charge is 2.66. The normalized spacial score (nSPS) is 33.0. The minimum atomic E-state index is -0.833. The largest absolute Gasteiger partial charge is 0.481 e. The highest BCUT2D eigenvalue weighted by atomic mass is 16.4. The second-order valence-electron chi connectivity index (χ2n) is 7.18. The lowest BCUT2D eigenvalue weighted by Gasteiger charge is -2.35. The van der Waals surface area contributed by atoms with Crippen LogP contribution in [-0.2, 0) is 9.59 Å². The van der Waals surface area contributed by atoms with E-state index in [4.69, 9.17) is 0 Å². The van der Waals surface area contributed by atoms with Crippen LogP contribution in [0, 0.1) is 23.2 Å². The molecule has 3 aliphatic rings. The quantitative estimate of drug-likeness (QED) is 0.831. The van der Waals surface area contributed by atoms with Gasteiger partial charge in [0.15, 0.2) is 0 Å². The van der Waals surface area contributed by atoms with Crippen LogP contribution in [0.2, 0.25) is 0 Å². The lowest BCUT2D eigenvalue weighted by Crippen LogP contribution is -2.50. The fourth-order valence-corrected chi connectivity index (χ4v) is 3.57. The van der Waals surface area contributed by atoms with Crippen LogP contribution < -0.4 is 0 Å². The van der Waals surface area contributed by atoms with Crippen LogP contribution in [-0.4, -0.2) is 59.5 Å². The summed E-state index contributed by atoms with van der Waals surface area (Å²) in [5.41, 5.74) is -0.381. The van der Waals surface area contributed by atoms with E-state index in [0.29, 0.717) is 0 Å². The molecule has 0 spiro atoms. The summed E-state index contributed by atoms with van der Waals surface area (Å²) in [5, 5.41) is 9.18. The van der Waals surface area contributed by atoms with Gasteiger partial charge in [0.05, 0.1) is 11.8 Å². The van der Waals surface area contributed by atoms with Crippen molar-refractivity contribution in [1.82, 2.24) is 9.80 Å². The first-order valence-electron chi connectivity index (χ1n) is 7.65. The molecule has 0 unspecified atom stereocenters. The third-order valence-corrected chi connectivity index (χ3v) is 5.26. The SMILES string of the molecule is CC1(C)[C@H](C(=O)O)[C@@H]1C(=O)N1CCN(CC2CC2)CC1. The summed E-state index contributed by atoms with van der Waals surface area (Å²) in [6.45, 7) is 8.33. The van der Waals surface area contributed by atoms with Crippen LogP contribution >= 0.6 is 0 Å². The van der Waals surface area contributed by atoms with Crippen molar-refractivity contribution in [2.75, 3.05) is 32.7 Å². The molecule has 2 aliphatic carbocycles. The van der Waals surface area contributed by atoms with Crippen LogP contribution in [0.15, 0.2) is 0 Å². The summed E-state index contributed by atoms with van der Waals surface area (Å²) in [4.78, 5) is 28.0. The Morgan fingerprint density at radius 3 is 2.15 bits per heavy atom. The summed E-state index contributed by atoms with van der Waals surface area (Å²) >= 11 is 0. The van der Waals surface area contributed by atoms with Gasteiger partial charge in [-0.1, -0.05) is 13.8 Å². The zero-order chi connectivity index (χ0) is 14.5. The van der Waals surface area contributed by atoms with Crippen molar-refractivity contribution in [3.05, 3.63) is 0 Å². The fraction of sp³-hybridized carbons (Fsp3) is 0.867. The lowest BCUT2D eigenvalue weighted by atomic mass is 10.1. The summed E-state index contributed by atoms with van der Waals surface area (Å²) in [5.74, 6) is -0.723. The van der Waals surface area contributed by atoms with Crippen molar-refractivity contribution in [2.45, 2.75) is 26.7 Å². The van der Waals surface area contributed by atoms with E-state index in [2.05, 4.69) is 4.90 Å². The predicted octanol–water partition coefficient (Wildman–Crippen LogP) is 0.897. The van der Waals surface area contributed by atoms with Gasteiger partial charge in [0.25, 0.3) is 0 Å². The number of carbonyl (C=O) groups is 2. The van der Waals surface area contributed by atoms with Crippen LogP contribution in [0.1, 0.15) is 26.7 Å². The van der Waals surface area contributed by atoms with E-state index in [9.17, 15) is 14.7 Å². The molecule has 1 N–H and O–H groups in total. The highest BCUT2D eigenvalue weighted by Crippen LogP contribution is 2.59. The molecule has 1 heterocycles. The summed E-state index contributed by atoms with van der Waals surface area (Å²) < 4.78 is 0. The molecule has 5 nitrogen and oxygen atoms in total. The van der Waals surface area contributed by atoms with Gasteiger partial charge >= 0.3 is 5.97 Å². The topological polar surface area (TPSA) is 60.9 Å². The molecule has 0 bridgehead atoms. The molecule has 0 radical (unpaired) electrons. The Morgan fingerprint density at radius 1 is 1.10 bits per heavy atom. The maximum absolute atomic E-state index is 12.5. The van der Waals surface area contributed by atoms with Gasteiger partial charge in [0.2, 0.25) is 5.91 Å². The van der Waals surface area contributed by atoms with Crippen molar-refractivity contribution >= 4 is 11.9 Å². The van der Waals surface area contributed by atoms with Crippen LogP contribution in [0.5, 0.6) is 0 Å². The van der Waals surface area contributed by atoms with Gasteiger partial charge in [0, 0.05) is 32.7 Å². The molecule has 3 rings (SSSR count). The van der Waals surface area contributed by atoms with Crippen molar-refractivity contribution in [1.29, 1.82) is 0 Å². The third-order valence-electron chi connectivity index (χ3n) is 5.26. The Hall–Kier alpha value is -1.10. The molecule has 1 saturated heterocycles. The van der Waals surface area contributed by atoms with Gasteiger partial charge in [-0.25, -0.2) is 0 Å². The number of rotatable bonds is 4. The van der Waals surface area contributed by atoms with Crippen molar-refractivity contribution in [2.24, 2.45) is 23.2 Å². The zero-order valence-corrected chi connectivity index (χ0v) is 12.3. The molecule has 3 fully saturated rings. The molecule has 112 valence electrons. The maximum atomic E-state index is 12.5. The number of carbonyl (C=O) groups excluding carboxylic acids is 1. The molecule has 1 amide bonds. The fourth-order valence-electron chi connectivity index (χ4n) is 3.57. The van der Waals surface area contributed by atoms with Gasteiger partial charge in [-0.2, -0.15) is 0 Å². The second-order valence-corrected chi connectivity index (χ2v) is 7.18. The Balaban J connectivity index is 1.53. The van der Waals surface area contributed by atoms with Gasteiger partial charge < -0.3 is 10.0 Å². The minimum absolute atomic E-state index is 0.0495. The molecular formula is C15H24N2O3. The molecular weight excluding hydrogens is 256 g/mol. The number of carboxylic acids is 1. The Kier molecular flexibility index (Phi) is 3.27. The number of piperazine rings is 1. The minimum Gasteiger partial charge on any atom is -0.481 e. The first-order chi connectivity index (χ1) is 9.41. The monoisotopic (exact) mass is 280 g/mol. The van der Waals surface area contributed by atoms with Crippen LogP contribution in [0.3, 0.4) is 0 Å². The smallest absolute Gasteiger partial charge is 0.307 e. The molecule has 2 atom stereocenters. The first-order valence-corrected chi connectivity index (χ1v) is 7.65. The van der Waals surface area contributed by atoms with Gasteiger partial charge in [0.1, 0.15) is 0 Å². The maximum Gasteiger partial charge on any atom is 0.307 e. The van der Waals surface area contributed by atoms with E-state index in [0.717, 1.165) is 32.1 Å². The Morgan fingerprint density at radius 2 is 1.70 bits per heavy atom. The third kappa shape index (κ3) is 2.43. The van der Waals surface area contributed by atoms with Gasteiger partial charge in [-0.15, -0.1) is 0 Å². The molecule has 1 aliphatic heterocycles. The van der Waals surface area contributed by atoms with Crippen molar-refractivity contribution in [3.63, 3.8) is 0 Å². The highest BCUT2D eigenvalue weighted by molar-refractivity contribution is 5.91. The Labute approximate surface area is 119 Å². The summed E-state index contributed by atoms with van der Waals surface area (Å²) in [6, 6.07) is 0. The van der Waals surface area contributed by atoms with E-state index in [1.807, 2.05) is 18.7 Å². The van der Waals surface area contributed by atoms with E-state index in [1.165, 1.54) is 19.4 Å². The summed E-state index contributed by atoms with van der Waals surface area (Å²) in [7, 11) is 0. The standard InChI is InChI=1S/C15H24N2O3/c1-15(2)11(12(15)14(19)20)13(18)17-7-5-16(6-8-17)9-10-3-4-10/h10-12H,3-9H2,1-2H3,(H,19,20)/t11-,12+/m1/s1. The van der Waals surface area contributed by atoms with Crippen molar-refractivity contribution in [3.8, 4) is 0 Å². The van der Waals surface area contributed by atoms with E-state index in [-0.39, 0.29) is 17.2 Å². The summed E-state index contributed by atoms with van der Waals surface area (Å²) in [6.07, 6.45) is 2.71. The average molecular weight is 280 g/mol. The van der Waals surface area contributed by atoms with Crippen molar-refractivity contribution < 1.29 is 14.7 Å². The molecule has 2 saturated carbocycles. The van der Waals surface area contributed by atoms with E-state index >= 15 is 0 Å². The number of hydrogen-bond acceptors (Lipinski definition) is 3. The molecule has 0 aromatic heterocycles. The predicted molar refractivity (Wildman–Crippen MR) is 74.1 cm³/mol. The second kappa shape index (κ2) is 4.72.